The van der Waals surface area contributed by atoms with Gasteiger partial charge in [-0.25, -0.2) is 8.78 Å². The number of anilines is 2. The number of nitriles is 1. The second-order valence-electron chi connectivity index (χ2n) is 8.11. The van der Waals surface area contributed by atoms with Crippen molar-refractivity contribution in [1.82, 2.24) is 0 Å². The second kappa shape index (κ2) is 11.0. The molecule has 1 aliphatic heterocycles. The van der Waals surface area contributed by atoms with Gasteiger partial charge in [0.25, 0.3) is 5.91 Å². The van der Waals surface area contributed by atoms with Crippen LogP contribution in [0.4, 0.5) is 20.2 Å². The number of carbonyl (C=O) groups excluding carboxylic acids is 1. The lowest BCUT2D eigenvalue weighted by molar-refractivity contribution is 0.102. The molecule has 186 valence electrons. The van der Waals surface area contributed by atoms with Crippen LogP contribution in [0.1, 0.15) is 28.8 Å². The number of nitrogens with one attached hydrogen (secondary N) is 1. The molecule has 0 aromatic heterocycles. The molecule has 1 saturated heterocycles. The van der Waals surface area contributed by atoms with Gasteiger partial charge in [-0.15, -0.1) is 0 Å². The summed E-state index contributed by atoms with van der Waals surface area (Å²) in [6, 6.07) is 13.3. The lowest BCUT2D eigenvalue weighted by Gasteiger charge is -2.35. The highest BCUT2D eigenvalue weighted by Gasteiger charge is 2.25. The minimum atomic E-state index is -0.746. The van der Waals surface area contributed by atoms with Crippen molar-refractivity contribution in [3.63, 3.8) is 0 Å². The maximum absolute atomic E-state index is 14.0. The zero-order valence-electron chi connectivity index (χ0n) is 19.2. The number of amides is 1. The first-order valence-electron chi connectivity index (χ1n) is 11.0. The first-order chi connectivity index (χ1) is 17.3. The number of nitrogens with zero attached hydrogens (tertiary/aromatic N) is 2. The van der Waals surface area contributed by atoms with Crippen LogP contribution in [0.25, 0.3) is 0 Å². The lowest BCUT2D eigenvalue weighted by atomic mass is 10.0. The Morgan fingerprint density at radius 3 is 2.47 bits per heavy atom. The maximum Gasteiger partial charge on any atom is 0.261 e. The molecule has 1 aliphatic rings. The number of piperidine rings is 1. The molecule has 3 aromatic carbocycles. The Labute approximate surface area is 216 Å². The fourth-order valence-electron chi connectivity index (χ4n) is 4.08. The number of ether oxygens (including phenoxy) is 2. The van der Waals surface area contributed by atoms with Gasteiger partial charge in [-0.05, 0) is 42.5 Å². The Balaban J connectivity index is 1.53. The number of methoxy groups -OCH3 is 1. The van der Waals surface area contributed by atoms with E-state index in [1.807, 2.05) is 4.90 Å². The molecule has 0 saturated carbocycles. The predicted octanol–water partition coefficient (Wildman–Crippen LogP) is 6.45. The van der Waals surface area contributed by atoms with Crippen molar-refractivity contribution in [3.8, 4) is 17.6 Å². The number of benzene rings is 3. The summed E-state index contributed by atoms with van der Waals surface area (Å²) in [5, 5.41) is 12.6. The molecule has 1 heterocycles. The van der Waals surface area contributed by atoms with E-state index >= 15 is 0 Å². The summed E-state index contributed by atoms with van der Waals surface area (Å²) in [6.45, 7) is 1.09. The third-order valence-corrected chi connectivity index (χ3v) is 6.45. The zero-order valence-corrected chi connectivity index (χ0v) is 20.7. The minimum Gasteiger partial charge on any atom is -0.494 e. The lowest BCUT2D eigenvalue weighted by Crippen LogP contribution is -2.38. The Kier molecular flexibility index (Phi) is 7.82. The number of carbonyl (C=O) groups is 1. The van der Waals surface area contributed by atoms with Crippen molar-refractivity contribution in [2.45, 2.75) is 18.9 Å². The van der Waals surface area contributed by atoms with E-state index in [0.717, 1.165) is 12.1 Å². The van der Waals surface area contributed by atoms with Crippen LogP contribution in [0.2, 0.25) is 10.0 Å². The van der Waals surface area contributed by atoms with E-state index in [4.69, 9.17) is 32.7 Å². The first-order valence-corrected chi connectivity index (χ1v) is 11.8. The Morgan fingerprint density at radius 2 is 1.81 bits per heavy atom. The molecule has 4 rings (SSSR count). The van der Waals surface area contributed by atoms with Gasteiger partial charge in [-0.1, -0.05) is 23.2 Å². The highest BCUT2D eigenvalue weighted by Crippen LogP contribution is 2.36. The Bertz CT molecular complexity index is 1340. The van der Waals surface area contributed by atoms with Gasteiger partial charge in [0, 0.05) is 32.0 Å². The zero-order chi connectivity index (χ0) is 25.8. The van der Waals surface area contributed by atoms with Crippen molar-refractivity contribution in [2.24, 2.45) is 0 Å². The van der Waals surface area contributed by atoms with Crippen LogP contribution in [0.5, 0.6) is 11.5 Å². The molecule has 3 aromatic rings. The quantitative estimate of drug-likeness (QED) is 0.395. The number of rotatable bonds is 6. The molecular formula is C26H21Cl2F2N3O3. The van der Waals surface area contributed by atoms with Gasteiger partial charge in [0.15, 0.2) is 17.3 Å². The molecule has 0 radical (unpaired) electrons. The van der Waals surface area contributed by atoms with E-state index in [0.29, 0.717) is 42.9 Å². The highest BCUT2D eigenvalue weighted by molar-refractivity contribution is 6.37. The van der Waals surface area contributed by atoms with Gasteiger partial charge in [0.2, 0.25) is 0 Å². The molecule has 36 heavy (non-hydrogen) atoms. The predicted molar refractivity (Wildman–Crippen MR) is 134 cm³/mol. The van der Waals surface area contributed by atoms with Crippen LogP contribution in [0.3, 0.4) is 0 Å². The largest absolute Gasteiger partial charge is 0.494 e. The molecule has 0 bridgehead atoms. The van der Waals surface area contributed by atoms with Crippen LogP contribution >= 0.6 is 23.2 Å². The topological polar surface area (TPSA) is 74.6 Å². The molecule has 6 nitrogen and oxygen atoms in total. The molecule has 1 fully saturated rings. The van der Waals surface area contributed by atoms with E-state index in [9.17, 15) is 18.8 Å². The number of halogens is 4. The monoisotopic (exact) mass is 531 g/mol. The molecule has 0 atom stereocenters. The van der Waals surface area contributed by atoms with Gasteiger partial charge in [0.1, 0.15) is 17.5 Å². The normalized spacial score (nSPS) is 13.7. The molecule has 0 aliphatic carbocycles. The summed E-state index contributed by atoms with van der Waals surface area (Å²) in [7, 11) is 1.39. The highest BCUT2D eigenvalue weighted by atomic mass is 35.5. The third-order valence-electron chi connectivity index (χ3n) is 5.83. The minimum absolute atomic E-state index is 0.00789. The van der Waals surface area contributed by atoms with E-state index in [1.54, 1.807) is 18.2 Å². The Hall–Kier alpha value is -3.54. The average Bonchev–Trinajstić information content (AvgIpc) is 2.87. The maximum atomic E-state index is 14.0. The summed E-state index contributed by atoms with van der Waals surface area (Å²) in [4.78, 5) is 15.2. The van der Waals surface area contributed by atoms with Crippen molar-refractivity contribution in [3.05, 3.63) is 81.3 Å². The molecule has 1 amide bonds. The summed E-state index contributed by atoms with van der Waals surface area (Å²) >= 11 is 12.4. The van der Waals surface area contributed by atoms with Crippen LogP contribution in [-0.2, 0) is 0 Å². The summed E-state index contributed by atoms with van der Waals surface area (Å²) < 4.78 is 38.2. The van der Waals surface area contributed by atoms with E-state index in [2.05, 4.69) is 11.4 Å². The molecule has 1 N–H and O–H groups in total. The van der Waals surface area contributed by atoms with Crippen LogP contribution in [-0.4, -0.2) is 32.2 Å². The van der Waals surface area contributed by atoms with Crippen molar-refractivity contribution in [2.75, 3.05) is 30.4 Å². The fraction of sp³-hybridized carbons (Fsp3) is 0.231. The summed E-state index contributed by atoms with van der Waals surface area (Å²) in [6.07, 6.45) is 0.878. The van der Waals surface area contributed by atoms with Gasteiger partial charge < -0.3 is 19.7 Å². The van der Waals surface area contributed by atoms with Crippen LogP contribution in [0, 0.1) is 23.0 Å². The molecule has 0 unspecified atom stereocenters. The smallest absolute Gasteiger partial charge is 0.261 e. The van der Waals surface area contributed by atoms with E-state index in [-0.39, 0.29) is 33.2 Å². The summed E-state index contributed by atoms with van der Waals surface area (Å²) in [5.41, 5.74) is 1.56. The van der Waals surface area contributed by atoms with Crippen molar-refractivity contribution >= 4 is 40.5 Å². The van der Waals surface area contributed by atoms with Crippen molar-refractivity contribution in [1.29, 1.82) is 5.26 Å². The average molecular weight is 532 g/mol. The van der Waals surface area contributed by atoms with E-state index in [1.165, 1.54) is 25.3 Å². The standard InChI is InChI=1S/C26H21Cl2F2N3O3/c1-35-25-19(28)5-4-18(27)24(25)26(34)32-21-12-15(14-31)2-6-22(21)33-10-8-17(9-11-33)36-23-7-3-16(29)13-20(23)30/h2-7,12-13,17H,8-11H2,1H3,(H,32,34). The number of hydrogen-bond acceptors (Lipinski definition) is 5. The number of hydrogen-bond donors (Lipinski definition) is 1. The first kappa shape index (κ1) is 25.5. The molecule has 0 spiro atoms. The summed E-state index contributed by atoms with van der Waals surface area (Å²) in [5.74, 6) is -1.80. The fourth-order valence-corrected chi connectivity index (χ4v) is 4.54. The van der Waals surface area contributed by atoms with Gasteiger partial charge in [0.05, 0.1) is 40.2 Å². The SMILES string of the molecule is COc1c(Cl)ccc(Cl)c1C(=O)Nc1cc(C#N)ccc1N1CCC(Oc2ccc(F)cc2F)CC1. The van der Waals surface area contributed by atoms with Gasteiger partial charge >= 0.3 is 0 Å². The molecular weight excluding hydrogens is 511 g/mol. The van der Waals surface area contributed by atoms with Gasteiger partial charge in [-0.3, -0.25) is 4.79 Å². The third kappa shape index (κ3) is 5.48. The van der Waals surface area contributed by atoms with Crippen LogP contribution < -0.4 is 19.7 Å². The Morgan fingerprint density at radius 1 is 1.08 bits per heavy atom. The second-order valence-corrected chi connectivity index (χ2v) is 8.93. The van der Waals surface area contributed by atoms with Crippen molar-refractivity contribution < 1.29 is 23.0 Å². The van der Waals surface area contributed by atoms with Gasteiger partial charge in [-0.2, -0.15) is 5.26 Å². The molecule has 10 heteroatoms. The van der Waals surface area contributed by atoms with E-state index < -0.39 is 17.5 Å². The van der Waals surface area contributed by atoms with Crippen LogP contribution in [0.15, 0.2) is 48.5 Å².